The number of fused-ring (bicyclic) bond motifs is 3. The Bertz CT molecular complexity index is 1420. The third-order valence-electron chi connectivity index (χ3n) is 8.27. The number of ketones is 2. The molecule has 222 valence electrons. The van der Waals surface area contributed by atoms with Crippen LogP contribution in [-0.2, 0) is 25.6 Å². The van der Waals surface area contributed by atoms with Crippen LogP contribution in [0.15, 0.2) is 23.0 Å². The average molecular weight is 574 g/mol. The fourth-order valence-electron chi connectivity index (χ4n) is 6.35. The second kappa shape index (κ2) is 10.3. The van der Waals surface area contributed by atoms with Crippen molar-refractivity contribution in [1.29, 1.82) is 0 Å². The first-order valence-corrected chi connectivity index (χ1v) is 13.4. The number of phenolic OH excluding ortho intramolecular Hbond substituents is 1. The lowest BCUT2D eigenvalue weighted by atomic mass is 9.57. The summed E-state index contributed by atoms with van der Waals surface area (Å²) in [5, 5.41) is 47.2. The van der Waals surface area contributed by atoms with Gasteiger partial charge in [0.1, 0.15) is 22.9 Å². The number of carbonyl (C=O) groups is 4. The zero-order valence-corrected chi connectivity index (χ0v) is 23.7. The molecule has 0 aliphatic heterocycles. The number of benzene rings is 1. The molecule has 7 N–H and O–H groups in total. The van der Waals surface area contributed by atoms with Gasteiger partial charge in [-0.1, -0.05) is 20.8 Å². The van der Waals surface area contributed by atoms with Crippen molar-refractivity contribution < 1.29 is 44.0 Å². The molecule has 12 heteroatoms. The number of carbonyl (C=O) groups excluding carboxylic acids is 4. The van der Waals surface area contributed by atoms with Crippen molar-refractivity contribution in [3.63, 3.8) is 0 Å². The van der Waals surface area contributed by atoms with Crippen LogP contribution >= 0.6 is 0 Å². The molecule has 1 aromatic carbocycles. The Morgan fingerprint density at radius 2 is 1.83 bits per heavy atom. The Morgan fingerprint density at radius 3 is 2.39 bits per heavy atom. The molecule has 4 rings (SSSR count). The molecule has 2 amide bonds. The summed E-state index contributed by atoms with van der Waals surface area (Å²) in [5.41, 5.74) is 0.362. The van der Waals surface area contributed by atoms with Gasteiger partial charge in [0.2, 0.25) is 11.7 Å². The van der Waals surface area contributed by atoms with Crippen LogP contribution in [0.4, 0.5) is 10.1 Å². The fourth-order valence-corrected chi connectivity index (χ4v) is 6.35. The molecule has 1 fully saturated rings. The van der Waals surface area contributed by atoms with Crippen molar-refractivity contribution in [2.24, 2.45) is 23.0 Å². The van der Waals surface area contributed by atoms with Gasteiger partial charge < -0.3 is 31.5 Å². The predicted octanol–water partition coefficient (Wildman–Crippen LogP) is 2.26. The molecule has 3 aliphatic rings. The number of phenols is 1. The van der Waals surface area contributed by atoms with E-state index in [9.17, 15) is 39.6 Å². The molecule has 3 aliphatic carbocycles. The highest BCUT2D eigenvalue weighted by atomic mass is 19.1. The van der Waals surface area contributed by atoms with E-state index in [1.807, 2.05) is 20.8 Å². The van der Waals surface area contributed by atoms with Crippen LogP contribution in [0.25, 0.3) is 5.76 Å². The zero-order chi connectivity index (χ0) is 30.8. The lowest BCUT2D eigenvalue weighted by Gasteiger charge is -2.50. The highest BCUT2D eigenvalue weighted by Crippen LogP contribution is 2.53. The summed E-state index contributed by atoms with van der Waals surface area (Å²) in [6, 6.07) is -0.295. The summed E-state index contributed by atoms with van der Waals surface area (Å²) < 4.78 is 15.4. The fraction of sp³-hybridized carbons (Fsp3) is 0.517. The highest BCUT2D eigenvalue weighted by molar-refractivity contribution is 6.24. The number of hydrogen-bond donors (Lipinski definition) is 6. The molecule has 1 saturated carbocycles. The topological polar surface area (TPSA) is 190 Å². The van der Waals surface area contributed by atoms with Gasteiger partial charge in [-0.3, -0.25) is 24.1 Å². The Morgan fingerprint density at radius 1 is 1.20 bits per heavy atom. The van der Waals surface area contributed by atoms with Gasteiger partial charge in [-0.25, -0.2) is 4.39 Å². The van der Waals surface area contributed by atoms with Crippen LogP contribution < -0.4 is 11.1 Å². The van der Waals surface area contributed by atoms with E-state index in [0.717, 1.165) is 12.5 Å². The minimum absolute atomic E-state index is 0.00445. The number of nitrogens with one attached hydrogen (secondary N) is 1. The smallest absolute Gasteiger partial charge is 0.255 e. The number of halogens is 1. The predicted molar refractivity (Wildman–Crippen MR) is 146 cm³/mol. The monoisotopic (exact) mass is 573 g/mol. The van der Waals surface area contributed by atoms with Crippen LogP contribution in [0.3, 0.4) is 0 Å². The summed E-state index contributed by atoms with van der Waals surface area (Å²) >= 11 is 0. The van der Waals surface area contributed by atoms with E-state index < -0.39 is 86.7 Å². The van der Waals surface area contributed by atoms with Crippen molar-refractivity contribution in [2.45, 2.75) is 64.5 Å². The molecule has 0 unspecified atom stereocenters. The lowest BCUT2D eigenvalue weighted by Crippen LogP contribution is -2.65. The van der Waals surface area contributed by atoms with Crippen LogP contribution in [0.5, 0.6) is 5.75 Å². The summed E-state index contributed by atoms with van der Waals surface area (Å²) in [7, 11) is 2.98. The van der Waals surface area contributed by atoms with Gasteiger partial charge in [-0.2, -0.15) is 0 Å². The van der Waals surface area contributed by atoms with E-state index in [2.05, 4.69) is 5.32 Å². The number of Topliss-reactive ketones (excluding diaryl/α,β-unsaturated/α-hetero) is 2. The second-order valence-electron chi connectivity index (χ2n) is 12.5. The number of aromatic hydroxyl groups is 1. The normalized spacial score (nSPS) is 26.1. The quantitative estimate of drug-likeness (QED) is 0.219. The van der Waals surface area contributed by atoms with Crippen LogP contribution in [0, 0.1) is 23.1 Å². The average Bonchev–Trinajstić information content (AvgIpc) is 2.83. The summed E-state index contributed by atoms with van der Waals surface area (Å²) in [5.74, 6) is -9.60. The van der Waals surface area contributed by atoms with E-state index in [0.29, 0.717) is 6.42 Å². The second-order valence-corrected chi connectivity index (χ2v) is 12.5. The first-order valence-electron chi connectivity index (χ1n) is 13.4. The van der Waals surface area contributed by atoms with Crippen molar-refractivity contribution in [2.75, 3.05) is 19.4 Å². The number of hydrogen-bond acceptors (Lipinski definition) is 9. The Kier molecular flexibility index (Phi) is 7.55. The van der Waals surface area contributed by atoms with Gasteiger partial charge in [-0.05, 0) is 51.1 Å². The molecule has 0 heterocycles. The molecular weight excluding hydrogens is 537 g/mol. The van der Waals surface area contributed by atoms with Gasteiger partial charge in [0.15, 0.2) is 17.1 Å². The van der Waals surface area contributed by atoms with Gasteiger partial charge in [0, 0.05) is 29.5 Å². The largest absolute Gasteiger partial charge is 0.508 e. The number of nitrogens with zero attached hydrogens (tertiary/aromatic N) is 1. The SMILES string of the molecule is CN(C)[C@@H]1C(=O)C(C(N)=O)=C(O)[C@@]2(O)C(=O)C3=C(O)c4c(O)c(NC(=O)CCCC(C)(C)C)cc(F)c4C[C@H]3C[C@@H]12. The van der Waals surface area contributed by atoms with E-state index >= 15 is 4.39 Å². The Labute approximate surface area is 236 Å². The van der Waals surface area contributed by atoms with E-state index in [1.165, 1.54) is 19.0 Å². The molecule has 11 nitrogen and oxygen atoms in total. The van der Waals surface area contributed by atoms with Gasteiger partial charge in [-0.15, -0.1) is 0 Å². The number of anilines is 1. The van der Waals surface area contributed by atoms with Gasteiger partial charge in [0.25, 0.3) is 5.91 Å². The van der Waals surface area contributed by atoms with Crippen molar-refractivity contribution in [3.05, 3.63) is 39.9 Å². The minimum Gasteiger partial charge on any atom is -0.508 e. The van der Waals surface area contributed by atoms with Gasteiger partial charge in [0.05, 0.1) is 17.3 Å². The van der Waals surface area contributed by atoms with E-state index in [4.69, 9.17) is 5.73 Å². The summed E-state index contributed by atoms with van der Waals surface area (Å²) in [6.07, 6.45) is 1.07. The van der Waals surface area contributed by atoms with Crippen molar-refractivity contribution in [3.8, 4) is 5.75 Å². The van der Waals surface area contributed by atoms with E-state index in [1.54, 1.807) is 0 Å². The zero-order valence-electron chi connectivity index (χ0n) is 23.7. The van der Waals surface area contributed by atoms with E-state index in [-0.39, 0.29) is 35.9 Å². The molecule has 0 spiro atoms. The summed E-state index contributed by atoms with van der Waals surface area (Å²) in [4.78, 5) is 52.9. The molecule has 0 bridgehead atoms. The van der Waals surface area contributed by atoms with Crippen molar-refractivity contribution >= 4 is 34.8 Å². The molecule has 0 aromatic heterocycles. The third-order valence-corrected chi connectivity index (χ3v) is 8.27. The Hall–Kier alpha value is -3.77. The molecule has 0 radical (unpaired) electrons. The molecule has 0 saturated heterocycles. The van der Waals surface area contributed by atoms with Crippen LogP contribution in [0.2, 0.25) is 0 Å². The number of nitrogens with two attached hydrogens (primary N) is 1. The molecule has 4 atom stereocenters. The number of rotatable bonds is 6. The molecular formula is C29H36FN3O8. The lowest BCUT2D eigenvalue weighted by molar-refractivity contribution is -0.153. The number of likely N-dealkylation sites (N-methyl/N-ethyl adjacent to an activating group) is 1. The number of aliphatic hydroxyl groups excluding tert-OH is 2. The van der Waals surface area contributed by atoms with Crippen molar-refractivity contribution in [1.82, 2.24) is 4.90 Å². The first-order chi connectivity index (χ1) is 18.9. The standard InChI is InChI=1S/C29H36FN3O8/c1-28(2,3)8-6-7-17(34)32-16-11-15(30)13-9-12-10-14-21(33(4)5)24(37)20(27(31)40)26(39)29(14,41)25(38)18(12)23(36)19(13)22(16)35/h11-12,14,21,35-36,39,41H,6-10H2,1-5H3,(H2,31,40)(H,32,34)/t12-,14-,21-,29-/m0/s1. The number of primary amides is 1. The van der Waals surface area contributed by atoms with Crippen LogP contribution in [-0.4, -0.2) is 74.4 Å². The Balaban J connectivity index is 1.79. The third kappa shape index (κ3) is 4.88. The van der Waals surface area contributed by atoms with Crippen LogP contribution in [0.1, 0.15) is 57.6 Å². The maximum Gasteiger partial charge on any atom is 0.255 e. The summed E-state index contributed by atoms with van der Waals surface area (Å²) in [6.45, 7) is 6.08. The van der Waals surface area contributed by atoms with Gasteiger partial charge >= 0.3 is 0 Å². The minimum atomic E-state index is -2.79. The highest BCUT2D eigenvalue weighted by Gasteiger charge is 2.64. The number of amides is 2. The number of aliphatic hydroxyl groups is 3. The molecule has 41 heavy (non-hydrogen) atoms. The molecule has 1 aromatic rings. The maximum absolute atomic E-state index is 15.4. The first kappa shape index (κ1) is 30.2. The maximum atomic E-state index is 15.4.